The Balaban J connectivity index is 1.74. The van der Waals surface area contributed by atoms with Gasteiger partial charge in [0.05, 0.1) is 17.0 Å². The lowest BCUT2D eigenvalue weighted by Crippen LogP contribution is -2.51. The van der Waals surface area contributed by atoms with E-state index < -0.39 is 28.5 Å². The first-order chi connectivity index (χ1) is 17.2. The monoisotopic (exact) mass is 525 g/mol. The van der Waals surface area contributed by atoms with Gasteiger partial charge in [0.15, 0.2) is 0 Å². The number of hydrogen-bond donors (Lipinski definition) is 2. The number of hydrogen-bond acceptors (Lipinski definition) is 5. The smallest absolute Gasteiger partial charge is 0.264 e. The van der Waals surface area contributed by atoms with E-state index >= 15 is 0 Å². The van der Waals surface area contributed by atoms with Crippen LogP contribution in [0.4, 0.5) is 5.69 Å². The van der Waals surface area contributed by atoms with Crippen molar-refractivity contribution in [1.82, 2.24) is 10.0 Å². The highest BCUT2D eigenvalue weighted by molar-refractivity contribution is 7.90. The summed E-state index contributed by atoms with van der Waals surface area (Å²) in [6, 6.07) is 21.5. The van der Waals surface area contributed by atoms with E-state index in [2.05, 4.69) is 10.0 Å². The Morgan fingerprint density at radius 1 is 1.06 bits per heavy atom. The number of anilines is 1. The van der Waals surface area contributed by atoms with Gasteiger partial charge in [-0.15, -0.1) is 0 Å². The van der Waals surface area contributed by atoms with Gasteiger partial charge in [-0.1, -0.05) is 80.4 Å². The van der Waals surface area contributed by atoms with Crippen molar-refractivity contribution in [3.05, 3.63) is 95.0 Å². The molecule has 0 fully saturated rings. The predicted octanol–water partition coefficient (Wildman–Crippen LogP) is 4.29. The Kier molecular flexibility index (Phi) is 7.78. The van der Waals surface area contributed by atoms with E-state index in [0.29, 0.717) is 10.7 Å². The van der Waals surface area contributed by atoms with E-state index in [4.69, 9.17) is 11.6 Å². The molecule has 2 unspecified atom stereocenters. The zero-order valence-corrected chi connectivity index (χ0v) is 21.6. The molecule has 0 saturated carbocycles. The third-order valence-electron chi connectivity index (χ3n) is 6.42. The number of carbonyl (C=O) groups is 2. The molecule has 0 aromatic heterocycles. The van der Waals surface area contributed by atoms with Gasteiger partial charge in [0.25, 0.3) is 15.9 Å². The van der Waals surface area contributed by atoms with Gasteiger partial charge in [0.2, 0.25) is 5.91 Å². The van der Waals surface area contributed by atoms with Crippen LogP contribution in [-0.2, 0) is 19.6 Å². The second kappa shape index (κ2) is 10.8. The van der Waals surface area contributed by atoms with Crippen molar-refractivity contribution >= 4 is 39.1 Å². The van der Waals surface area contributed by atoms with Crippen LogP contribution < -0.4 is 14.9 Å². The first-order valence-electron chi connectivity index (χ1n) is 11.7. The Morgan fingerprint density at radius 2 is 1.69 bits per heavy atom. The Morgan fingerprint density at radius 3 is 2.33 bits per heavy atom. The van der Waals surface area contributed by atoms with Crippen LogP contribution in [0.15, 0.2) is 83.8 Å². The third-order valence-corrected chi connectivity index (χ3v) is 8.04. The average molecular weight is 526 g/mol. The quantitative estimate of drug-likeness (QED) is 0.480. The lowest BCUT2D eigenvalue weighted by molar-refractivity contribution is -0.124. The first-order valence-corrected chi connectivity index (χ1v) is 13.6. The molecule has 3 aromatic rings. The molecule has 1 aliphatic rings. The normalized spacial score (nSPS) is 18.8. The molecule has 4 rings (SSSR count). The number of sulfonamides is 1. The number of nitrogens with one attached hydrogen (secondary N) is 2. The van der Waals surface area contributed by atoms with Crippen molar-refractivity contribution in [3.63, 3.8) is 0 Å². The largest absolute Gasteiger partial charge is 0.301 e. The lowest BCUT2D eigenvalue weighted by Gasteiger charge is -2.28. The van der Waals surface area contributed by atoms with Gasteiger partial charge in [-0.3, -0.25) is 14.9 Å². The fourth-order valence-corrected chi connectivity index (χ4v) is 5.52. The van der Waals surface area contributed by atoms with Gasteiger partial charge in [0, 0.05) is 10.7 Å². The summed E-state index contributed by atoms with van der Waals surface area (Å²) in [6.45, 7) is 3.50. The van der Waals surface area contributed by atoms with Gasteiger partial charge in [-0.2, -0.15) is 0 Å². The fraction of sp³-hybridized carbons (Fsp3) is 0.259. The van der Waals surface area contributed by atoms with Gasteiger partial charge in [0.1, 0.15) is 6.54 Å². The van der Waals surface area contributed by atoms with Crippen LogP contribution in [0.5, 0.6) is 0 Å². The van der Waals surface area contributed by atoms with Crippen LogP contribution in [0, 0.1) is 5.92 Å². The molecule has 9 heteroatoms. The summed E-state index contributed by atoms with van der Waals surface area (Å²) in [6.07, 6.45) is 0.727. The van der Waals surface area contributed by atoms with Crippen molar-refractivity contribution < 1.29 is 18.0 Å². The highest BCUT2D eigenvalue weighted by Gasteiger charge is 2.38. The van der Waals surface area contributed by atoms with Crippen LogP contribution in [0.2, 0.25) is 5.02 Å². The number of rotatable bonds is 7. The summed E-state index contributed by atoms with van der Waals surface area (Å²) >= 11 is 6.36. The van der Waals surface area contributed by atoms with Crippen molar-refractivity contribution in [2.24, 2.45) is 5.92 Å². The number of halogens is 1. The molecule has 0 radical (unpaired) electrons. The number of benzene rings is 3. The molecule has 188 valence electrons. The summed E-state index contributed by atoms with van der Waals surface area (Å²) in [5.74, 6) is -1.17. The van der Waals surface area contributed by atoms with E-state index in [1.807, 2.05) is 44.2 Å². The highest BCUT2D eigenvalue weighted by atomic mass is 35.5. The van der Waals surface area contributed by atoms with Gasteiger partial charge < -0.3 is 4.90 Å². The highest BCUT2D eigenvalue weighted by Crippen LogP contribution is 2.37. The summed E-state index contributed by atoms with van der Waals surface area (Å²) in [4.78, 5) is 28.2. The molecule has 2 N–H and O–H groups in total. The van der Waals surface area contributed by atoms with Crippen LogP contribution in [0.3, 0.4) is 0 Å². The van der Waals surface area contributed by atoms with Crippen molar-refractivity contribution in [2.75, 3.05) is 11.4 Å². The lowest BCUT2D eigenvalue weighted by atomic mass is 9.94. The predicted molar refractivity (Wildman–Crippen MR) is 140 cm³/mol. The minimum absolute atomic E-state index is 0.0315. The van der Waals surface area contributed by atoms with Gasteiger partial charge in [-0.05, 0) is 47.4 Å². The summed E-state index contributed by atoms with van der Waals surface area (Å²) < 4.78 is 27.5. The fourth-order valence-electron chi connectivity index (χ4n) is 4.34. The van der Waals surface area contributed by atoms with Gasteiger partial charge >= 0.3 is 0 Å². The topological polar surface area (TPSA) is 95.6 Å². The second-order valence-electron chi connectivity index (χ2n) is 8.84. The van der Waals surface area contributed by atoms with Crippen molar-refractivity contribution in [3.8, 4) is 0 Å². The first kappa shape index (κ1) is 25.9. The molecule has 3 aromatic carbocycles. The molecule has 7 nitrogen and oxygen atoms in total. The number of nitrogens with zero attached hydrogens (tertiary/aromatic N) is 1. The van der Waals surface area contributed by atoms with E-state index in [0.717, 1.165) is 17.5 Å². The molecule has 1 aliphatic heterocycles. The average Bonchev–Trinajstić information content (AvgIpc) is 2.99. The Bertz CT molecular complexity index is 1350. The molecule has 36 heavy (non-hydrogen) atoms. The molecule has 0 aliphatic carbocycles. The molecule has 0 bridgehead atoms. The van der Waals surface area contributed by atoms with E-state index in [1.165, 1.54) is 17.0 Å². The SMILES string of the molecule is CCC(C)[C@@H]1NC(c2ccccc2)c2cc(Cl)ccc2N(CC(=O)NS(=O)(=O)c2ccccc2)C1=O. The molecule has 0 saturated heterocycles. The summed E-state index contributed by atoms with van der Waals surface area (Å²) in [7, 11) is -4.08. The molecular formula is C27H28ClN3O4S. The maximum Gasteiger partial charge on any atom is 0.264 e. The van der Waals surface area contributed by atoms with Crippen LogP contribution >= 0.6 is 11.6 Å². The summed E-state index contributed by atoms with van der Waals surface area (Å²) in [5, 5.41) is 3.98. The Hall–Kier alpha value is -3.20. The molecule has 3 atom stereocenters. The van der Waals surface area contributed by atoms with Crippen LogP contribution in [0.25, 0.3) is 0 Å². The number of fused-ring (bicyclic) bond motifs is 1. The van der Waals surface area contributed by atoms with E-state index in [1.54, 1.807) is 36.4 Å². The zero-order chi connectivity index (χ0) is 25.9. The second-order valence-corrected chi connectivity index (χ2v) is 11.0. The third kappa shape index (κ3) is 5.46. The Labute approximate surface area is 216 Å². The standard InChI is InChI=1S/C27H28ClN3O4S/c1-3-18(2)25-27(33)31(17-24(32)30-36(34,35)21-12-8-5-9-13-21)23-15-14-20(28)16-22(23)26(29-25)19-10-6-4-7-11-19/h4-16,18,25-26,29H,3,17H2,1-2H3,(H,30,32)/t18?,25-,26?/m0/s1. The van der Waals surface area contributed by atoms with E-state index in [9.17, 15) is 18.0 Å². The molecule has 0 spiro atoms. The molecule has 1 heterocycles. The minimum atomic E-state index is -4.08. The zero-order valence-electron chi connectivity index (χ0n) is 20.0. The molecular weight excluding hydrogens is 498 g/mol. The maximum absolute atomic E-state index is 13.8. The van der Waals surface area contributed by atoms with Crippen molar-refractivity contribution in [2.45, 2.75) is 37.2 Å². The maximum atomic E-state index is 13.8. The van der Waals surface area contributed by atoms with E-state index in [-0.39, 0.29) is 22.8 Å². The van der Waals surface area contributed by atoms with Crippen LogP contribution in [0.1, 0.15) is 37.4 Å². The number of carbonyl (C=O) groups excluding carboxylic acids is 2. The number of amides is 2. The van der Waals surface area contributed by atoms with Crippen LogP contribution in [-0.4, -0.2) is 32.8 Å². The minimum Gasteiger partial charge on any atom is -0.301 e. The van der Waals surface area contributed by atoms with Gasteiger partial charge in [-0.25, -0.2) is 13.1 Å². The molecule has 2 amide bonds. The summed E-state index contributed by atoms with van der Waals surface area (Å²) in [5.41, 5.74) is 2.18. The van der Waals surface area contributed by atoms with Crippen molar-refractivity contribution in [1.29, 1.82) is 0 Å².